The number of thioether (sulfide) groups is 1. The van der Waals surface area contributed by atoms with Gasteiger partial charge in [0, 0.05) is 17.1 Å². The highest BCUT2D eigenvalue weighted by atomic mass is 32.2. The van der Waals surface area contributed by atoms with Crippen molar-refractivity contribution in [2.24, 2.45) is 0 Å². The lowest BCUT2D eigenvalue weighted by Crippen LogP contribution is -2.29. The molecule has 0 aliphatic carbocycles. The molecule has 0 unspecified atom stereocenters. The van der Waals surface area contributed by atoms with Crippen LogP contribution in [0.15, 0.2) is 71.9 Å². The molecule has 2 amide bonds. The lowest BCUT2D eigenvalue weighted by atomic mass is 10.1. The molecule has 0 spiro atoms. The highest BCUT2D eigenvalue weighted by molar-refractivity contribution is 7.98. The molecule has 2 N–H and O–H groups in total. The first-order valence-electron chi connectivity index (χ1n) is 11.8. The van der Waals surface area contributed by atoms with Gasteiger partial charge in [0.15, 0.2) is 11.0 Å². The van der Waals surface area contributed by atoms with Crippen molar-refractivity contribution < 1.29 is 31.1 Å². The monoisotopic (exact) mass is 579 g/mol. The van der Waals surface area contributed by atoms with Gasteiger partial charge in [-0.05, 0) is 55.3 Å². The molecule has 13 heteroatoms. The summed E-state index contributed by atoms with van der Waals surface area (Å²) in [7, 11) is 0. The zero-order chi connectivity index (χ0) is 29.1. The SMILES string of the molecule is Cc1ccc(-n2c(CNC(=O)Nc3cc(C(F)(F)F)cc(C(F)(F)F)c3)nnc2SCc2ccccc2C)cc1. The van der Waals surface area contributed by atoms with Crippen LogP contribution in [0.1, 0.15) is 33.6 Å². The second-order valence-corrected chi connectivity index (χ2v) is 9.83. The predicted octanol–water partition coefficient (Wildman–Crippen LogP) is 7.54. The Morgan fingerprint density at radius 1 is 0.875 bits per heavy atom. The predicted molar refractivity (Wildman–Crippen MR) is 139 cm³/mol. The second kappa shape index (κ2) is 11.6. The van der Waals surface area contributed by atoms with Crippen LogP contribution in [-0.4, -0.2) is 20.8 Å². The molecule has 1 aromatic heterocycles. The van der Waals surface area contributed by atoms with Gasteiger partial charge in [0.25, 0.3) is 0 Å². The molecule has 0 saturated carbocycles. The van der Waals surface area contributed by atoms with Gasteiger partial charge in [-0.2, -0.15) is 26.3 Å². The normalized spacial score (nSPS) is 11.9. The van der Waals surface area contributed by atoms with Gasteiger partial charge in [0.2, 0.25) is 0 Å². The van der Waals surface area contributed by atoms with Crippen LogP contribution in [0.4, 0.5) is 36.8 Å². The molecule has 1 heterocycles. The molecule has 4 aromatic rings. The number of rotatable bonds is 7. The van der Waals surface area contributed by atoms with Crippen molar-refractivity contribution in [3.8, 4) is 5.69 Å². The number of aromatic nitrogens is 3. The van der Waals surface area contributed by atoms with E-state index < -0.39 is 35.2 Å². The summed E-state index contributed by atoms with van der Waals surface area (Å²) in [4.78, 5) is 12.5. The standard InChI is InChI=1S/C27H23F6N5OS/c1-16-7-9-22(10-8-16)38-23(36-37-25(38)40-15-18-6-4-3-5-17(18)2)14-34-24(39)35-21-12-19(26(28,29)30)11-20(13-21)27(31,32)33/h3-13H,14-15H2,1-2H3,(H2,34,35,39). The maximum atomic E-state index is 13.2. The Morgan fingerprint density at radius 3 is 2.10 bits per heavy atom. The van der Waals surface area contributed by atoms with Crippen molar-refractivity contribution in [1.29, 1.82) is 0 Å². The third-order valence-electron chi connectivity index (χ3n) is 5.86. The number of benzene rings is 3. The fraction of sp³-hybridized carbons (Fsp3) is 0.222. The van der Waals surface area contributed by atoms with E-state index in [1.165, 1.54) is 11.8 Å². The third kappa shape index (κ3) is 7.14. The first kappa shape index (κ1) is 29.0. The van der Waals surface area contributed by atoms with Gasteiger partial charge in [0.05, 0.1) is 17.7 Å². The molecule has 4 rings (SSSR count). The van der Waals surface area contributed by atoms with Gasteiger partial charge < -0.3 is 10.6 Å². The maximum absolute atomic E-state index is 13.2. The molecule has 0 bridgehead atoms. The third-order valence-corrected chi connectivity index (χ3v) is 6.84. The van der Waals surface area contributed by atoms with Gasteiger partial charge in [-0.1, -0.05) is 53.7 Å². The number of nitrogens with zero attached hydrogens (tertiary/aromatic N) is 3. The summed E-state index contributed by atoms with van der Waals surface area (Å²) >= 11 is 1.43. The number of hydrogen-bond acceptors (Lipinski definition) is 4. The fourth-order valence-electron chi connectivity index (χ4n) is 3.74. The number of carbonyl (C=O) groups excluding carboxylic acids is 1. The molecular formula is C27H23F6N5OS. The fourth-order valence-corrected chi connectivity index (χ4v) is 4.78. The Bertz CT molecular complexity index is 1470. The van der Waals surface area contributed by atoms with Crippen LogP contribution in [0, 0.1) is 13.8 Å². The maximum Gasteiger partial charge on any atom is 0.416 e. The average molecular weight is 580 g/mol. The summed E-state index contributed by atoms with van der Waals surface area (Å²) in [5.74, 6) is 0.910. The highest BCUT2D eigenvalue weighted by Gasteiger charge is 2.37. The van der Waals surface area contributed by atoms with Gasteiger partial charge >= 0.3 is 18.4 Å². The Hall–Kier alpha value is -4.00. The minimum Gasteiger partial charge on any atom is -0.331 e. The van der Waals surface area contributed by atoms with Crippen LogP contribution in [-0.2, 0) is 24.7 Å². The number of aryl methyl sites for hydroxylation is 2. The molecule has 0 radical (unpaired) electrons. The lowest BCUT2D eigenvalue weighted by molar-refractivity contribution is -0.143. The highest BCUT2D eigenvalue weighted by Crippen LogP contribution is 2.37. The quantitative estimate of drug-likeness (QED) is 0.175. The number of alkyl halides is 6. The summed E-state index contributed by atoms with van der Waals surface area (Å²) in [5.41, 5.74) is 0.216. The van der Waals surface area contributed by atoms with Gasteiger partial charge in [-0.15, -0.1) is 10.2 Å². The van der Waals surface area contributed by atoms with Gasteiger partial charge in [-0.3, -0.25) is 4.57 Å². The minimum absolute atomic E-state index is 0.0106. The largest absolute Gasteiger partial charge is 0.416 e. The molecule has 0 atom stereocenters. The van der Waals surface area contributed by atoms with Crippen LogP contribution in [0.5, 0.6) is 0 Å². The summed E-state index contributed by atoms with van der Waals surface area (Å²) in [5, 5.41) is 13.5. The molecule has 40 heavy (non-hydrogen) atoms. The number of anilines is 1. The molecule has 0 aliphatic heterocycles. The molecule has 210 valence electrons. The number of carbonyl (C=O) groups is 1. The van der Waals surface area contributed by atoms with Crippen molar-refractivity contribution in [2.75, 3.05) is 5.32 Å². The molecule has 3 aromatic carbocycles. The smallest absolute Gasteiger partial charge is 0.331 e. The van der Waals surface area contributed by atoms with E-state index in [0.29, 0.717) is 34.6 Å². The average Bonchev–Trinajstić information content (AvgIpc) is 3.29. The number of amides is 2. The summed E-state index contributed by atoms with van der Waals surface area (Å²) < 4.78 is 80.7. The molecule has 0 saturated heterocycles. The van der Waals surface area contributed by atoms with E-state index in [-0.39, 0.29) is 12.6 Å². The van der Waals surface area contributed by atoms with E-state index >= 15 is 0 Å². The van der Waals surface area contributed by atoms with Crippen LogP contribution >= 0.6 is 11.8 Å². The lowest BCUT2D eigenvalue weighted by Gasteiger charge is -2.15. The van der Waals surface area contributed by atoms with Gasteiger partial charge in [0.1, 0.15) is 0 Å². The van der Waals surface area contributed by atoms with Crippen molar-refractivity contribution in [2.45, 2.75) is 43.7 Å². The Labute approximate surface area is 229 Å². The zero-order valence-corrected chi connectivity index (χ0v) is 22.0. The van der Waals surface area contributed by atoms with Crippen LogP contribution in [0.25, 0.3) is 5.69 Å². The Balaban J connectivity index is 1.54. The number of halogens is 6. The van der Waals surface area contributed by atoms with E-state index in [9.17, 15) is 31.1 Å². The van der Waals surface area contributed by atoms with E-state index in [0.717, 1.165) is 16.7 Å². The first-order chi connectivity index (χ1) is 18.8. The minimum atomic E-state index is -5.04. The number of hydrogen-bond donors (Lipinski definition) is 2. The number of urea groups is 1. The molecule has 0 aliphatic rings. The molecule has 6 nitrogen and oxygen atoms in total. The second-order valence-electron chi connectivity index (χ2n) is 8.89. The Kier molecular flexibility index (Phi) is 8.43. The first-order valence-corrected chi connectivity index (χ1v) is 12.8. The summed E-state index contributed by atoms with van der Waals surface area (Å²) in [6.07, 6.45) is -10.1. The van der Waals surface area contributed by atoms with E-state index in [1.54, 1.807) is 4.57 Å². The Morgan fingerprint density at radius 2 is 1.50 bits per heavy atom. The van der Waals surface area contributed by atoms with Crippen molar-refractivity contribution in [3.05, 3.63) is 100 Å². The van der Waals surface area contributed by atoms with Gasteiger partial charge in [-0.25, -0.2) is 4.79 Å². The van der Waals surface area contributed by atoms with Crippen LogP contribution in [0.2, 0.25) is 0 Å². The zero-order valence-electron chi connectivity index (χ0n) is 21.2. The summed E-state index contributed by atoms with van der Waals surface area (Å²) in [6.45, 7) is 3.72. The van der Waals surface area contributed by atoms with Crippen molar-refractivity contribution >= 4 is 23.5 Å². The van der Waals surface area contributed by atoms with E-state index in [1.807, 2.05) is 62.4 Å². The molecule has 0 fully saturated rings. The van der Waals surface area contributed by atoms with Crippen molar-refractivity contribution in [3.63, 3.8) is 0 Å². The summed E-state index contributed by atoms with van der Waals surface area (Å²) in [6, 6.07) is 15.2. The number of nitrogens with one attached hydrogen (secondary N) is 2. The van der Waals surface area contributed by atoms with Crippen LogP contribution in [0.3, 0.4) is 0 Å². The van der Waals surface area contributed by atoms with Crippen molar-refractivity contribution in [1.82, 2.24) is 20.1 Å². The topological polar surface area (TPSA) is 71.8 Å². The molecular weight excluding hydrogens is 556 g/mol. The van der Waals surface area contributed by atoms with Crippen LogP contribution < -0.4 is 10.6 Å². The van der Waals surface area contributed by atoms with E-state index in [4.69, 9.17) is 0 Å². The van der Waals surface area contributed by atoms with E-state index in [2.05, 4.69) is 20.8 Å².